The minimum Gasteiger partial charge on any atom is -0.481 e. The van der Waals surface area contributed by atoms with Crippen molar-refractivity contribution in [2.75, 3.05) is 25.1 Å². The van der Waals surface area contributed by atoms with Crippen LogP contribution in [0.5, 0.6) is 5.88 Å². The predicted octanol–water partition coefficient (Wildman–Crippen LogP) is 2.15. The molecule has 19 heavy (non-hydrogen) atoms. The first-order valence-electron chi connectivity index (χ1n) is 7.25. The fourth-order valence-corrected chi connectivity index (χ4v) is 3.45. The molecule has 3 unspecified atom stereocenters. The van der Waals surface area contributed by atoms with Crippen LogP contribution < -0.4 is 9.64 Å². The van der Waals surface area contributed by atoms with Crippen molar-refractivity contribution in [3.8, 4) is 5.88 Å². The third-order valence-electron chi connectivity index (χ3n) is 4.70. The lowest BCUT2D eigenvalue weighted by molar-refractivity contribution is 0.175. The van der Waals surface area contributed by atoms with Gasteiger partial charge in [-0.1, -0.05) is 6.92 Å². The quantitative estimate of drug-likeness (QED) is 0.830. The number of pyridine rings is 1. The van der Waals surface area contributed by atoms with Gasteiger partial charge in [-0.15, -0.1) is 0 Å². The van der Waals surface area contributed by atoms with Crippen LogP contribution in [0, 0.1) is 0 Å². The van der Waals surface area contributed by atoms with E-state index in [0.717, 1.165) is 12.6 Å². The Labute approximate surface area is 115 Å². The number of ether oxygens (including phenoxy) is 1. The first-order valence-corrected chi connectivity index (χ1v) is 7.25. The van der Waals surface area contributed by atoms with Crippen molar-refractivity contribution in [3.05, 3.63) is 18.3 Å². The van der Waals surface area contributed by atoms with Gasteiger partial charge in [0.2, 0.25) is 5.88 Å². The van der Waals surface area contributed by atoms with E-state index in [-0.39, 0.29) is 0 Å². The lowest BCUT2D eigenvalue weighted by Gasteiger charge is -2.38. The predicted molar refractivity (Wildman–Crippen MR) is 76.8 cm³/mol. The standard InChI is InChI=1S/C15H23N3O/c1-4-11(2)17-9-14-7-13(17)10-18(14)12-5-6-15(19-3)16-8-12/h5-6,8,11,13-14H,4,7,9-10H2,1-3H3. The fraction of sp³-hybridized carbons (Fsp3) is 0.667. The Hall–Kier alpha value is -1.29. The molecule has 2 aliphatic rings. The van der Waals surface area contributed by atoms with E-state index < -0.39 is 0 Å². The van der Waals surface area contributed by atoms with Gasteiger partial charge >= 0.3 is 0 Å². The van der Waals surface area contributed by atoms with Gasteiger partial charge in [-0.25, -0.2) is 4.98 Å². The topological polar surface area (TPSA) is 28.6 Å². The maximum absolute atomic E-state index is 5.12. The zero-order valence-electron chi connectivity index (χ0n) is 12.0. The summed E-state index contributed by atoms with van der Waals surface area (Å²) >= 11 is 0. The second-order valence-electron chi connectivity index (χ2n) is 5.71. The zero-order chi connectivity index (χ0) is 13.4. The molecule has 0 N–H and O–H groups in total. The molecule has 4 nitrogen and oxygen atoms in total. The monoisotopic (exact) mass is 261 g/mol. The molecule has 2 fully saturated rings. The van der Waals surface area contributed by atoms with E-state index in [1.165, 1.54) is 25.1 Å². The lowest BCUT2D eigenvalue weighted by atomic mass is 10.2. The van der Waals surface area contributed by atoms with Gasteiger partial charge in [-0.05, 0) is 25.8 Å². The number of piperazine rings is 1. The molecule has 104 valence electrons. The number of hydrogen-bond acceptors (Lipinski definition) is 4. The van der Waals surface area contributed by atoms with Gasteiger partial charge in [0.1, 0.15) is 0 Å². The molecule has 1 aromatic heterocycles. The number of likely N-dealkylation sites (tertiary alicyclic amines) is 1. The highest BCUT2D eigenvalue weighted by molar-refractivity contribution is 5.49. The lowest BCUT2D eigenvalue weighted by Crippen LogP contribution is -2.49. The number of fused-ring (bicyclic) bond motifs is 2. The molecule has 3 heterocycles. The van der Waals surface area contributed by atoms with E-state index in [2.05, 4.69) is 34.7 Å². The van der Waals surface area contributed by atoms with Crippen LogP contribution in [0.4, 0.5) is 5.69 Å². The van der Waals surface area contributed by atoms with Crippen LogP contribution in [0.3, 0.4) is 0 Å². The third-order valence-corrected chi connectivity index (χ3v) is 4.70. The van der Waals surface area contributed by atoms with Crippen LogP contribution in [-0.2, 0) is 0 Å². The second-order valence-corrected chi connectivity index (χ2v) is 5.71. The molecule has 4 heteroatoms. The Morgan fingerprint density at radius 3 is 2.74 bits per heavy atom. The Balaban J connectivity index is 1.70. The van der Waals surface area contributed by atoms with Gasteiger partial charge in [0, 0.05) is 37.3 Å². The molecule has 2 aliphatic heterocycles. The number of methoxy groups -OCH3 is 1. The van der Waals surface area contributed by atoms with Crippen molar-refractivity contribution in [2.24, 2.45) is 0 Å². The van der Waals surface area contributed by atoms with E-state index in [1.807, 2.05) is 12.3 Å². The molecule has 0 amide bonds. The molecule has 0 saturated carbocycles. The van der Waals surface area contributed by atoms with Crippen LogP contribution in [0.25, 0.3) is 0 Å². The largest absolute Gasteiger partial charge is 0.481 e. The summed E-state index contributed by atoms with van der Waals surface area (Å²) in [6.07, 6.45) is 4.48. The van der Waals surface area contributed by atoms with Gasteiger partial charge in [-0.3, -0.25) is 4.90 Å². The molecule has 0 spiro atoms. The highest BCUT2D eigenvalue weighted by Gasteiger charge is 2.44. The van der Waals surface area contributed by atoms with Crippen LogP contribution in [0.2, 0.25) is 0 Å². The highest BCUT2D eigenvalue weighted by atomic mass is 16.5. The van der Waals surface area contributed by atoms with Crippen molar-refractivity contribution >= 4 is 5.69 Å². The first kappa shape index (κ1) is 12.7. The summed E-state index contributed by atoms with van der Waals surface area (Å²) in [5.41, 5.74) is 1.23. The van der Waals surface area contributed by atoms with Gasteiger partial charge in [0.15, 0.2) is 0 Å². The summed E-state index contributed by atoms with van der Waals surface area (Å²) in [7, 11) is 1.66. The van der Waals surface area contributed by atoms with Crippen molar-refractivity contribution in [1.29, 1.82) is 0 Å². The molecule has 3 atom stereocenters. The summed E-state index contributed by atoms with van der Waals surface area (Å²) < 4.78 is 5.12. The number of nitrogens with zero attached hydrogens (tertiary/aromatic N) is 3. The number of hydrogen-bond donors (Lipinski definition) is 0. The molecular formula is C15H23N3O. The molecule has 1 aromatic rings. The second kappa shape index (κ2) is 5.00. The zero-order valence-corrected chi connectivity index (χ0v) is 12.0. The minimum atomic E-state index is 0.661. The third kappa shape index (κ3) is 2.18. The summed E-state index contributed by atoms with van der Waals surface area (Å²) in [4.78, 5) is 9.51. The van der Waals surface area contributed by atoms with Gasteiger partial charge in [-0.2, -0.15) is 0 Å². The summed E-state index contributed by atoms with van der Waals surface area (Å²) in [6, 6.07) is 6.18. The Kier molecular flexibility index (Phi) is 3.35. The summed E-state index contributed by atoms with van der Waals surface area (Å²) in [5.74, 6) is 0.689. The normalized spacial score (nSPS) is 27.8. The molecule has 3 rings (SSSR count). The van der Waals surface area contributed by atoms with Gasteiger partial charge < -0.3 is 9.64 Å². The van der Waals surface area contributed by atoms with Crippen LogP contribution in [-0.4, -0.2) is 48.2 Å². The molecule has 0 aliphatic carbocycles. The van der Waals surface area contributed by atoms with E-state index in [9.17, 15) is 0 Å². The molecule has 0 radical (unpaired) electrons. The Bertz CT molecular complexity index is 434. The van der Waals surface area contributed by atoms with Crippen molar-refractivity contribution < 1.29 is 4.74 Å². The van der Waals surface area contributed by atoms with E-state index in [1.54, 1.807) is 7.11 Å². The Morgan fingerprint density at radius 1 is 1.37 bits per heavy atom. The average molecular weight is 261 g/mol. The van der Waals surface area contributed by atoms with E-state index in [4.69, 9.17) is 4.74 Å². The first-order chi connectivity index (χ1) is 9.22. The molecule has 2 bridgehead atoms. The fourth-order valence-electron chi connectivity index (χ4n) is 3.45. The SMILES string of the molecule is CCC(C)N1CC2CC1CN2c1ccc(OC)nc1. The molecular weight excluding hydrogens is 238 g/mol. The van der Waals surface area contributed by atoms with Gasteiger partial charge in [0.05, 0.1) is 19.0 Å². The summed E-state index contributed by atoms with van der Waals surface area (Å²) in [5, 5.41) is 0. The van der Waals surface area contributed by atoms with E-state index >= 15 is 0 Å². The maximum Gasteiger partial charge on any atom is 0.213 e. The molecule has 0 aromatic carbocycles. The number of anilines is 1. The number of rotatable bonds is 4. The maximum atomic E-state index is 5.12. The minimum absolute atomic E-state index is 0.661. The molecule has 2 saturated heterocycles. The van der Waals surface area contributed by atoms with Crippen LogP contribution >= 0.6 is 0 Å². The smallest absolute Gasteiger partial charge is 0.213 e. The van der Waals surface area contributed by atoms with Crippen molar-refractivity contribution in [3.63, 3.8) is 0 Å². The number of aromatic nitrogens is 1. The summed E-state index contributed by atoms with van der Waals surface area (Å²) in [6.45, 7) is 6.97. The average Bonchev–Trinajstić information content (AvgIpc) is 3.06. The van der Waals surface area contributed by atoms with E-state index in [0.29, 0.717) is 18.0 Å². The highest BCUT2D eigenvalue weighted by Crippen LogP contribution is 2.36. The van der Waals surface area contributed by atoms with Gasteiger partial charge in [0.25, 0.3) is 0 Å². The van der Waals surface area contributed by atoms with Crippen molar-refractivity contribution in [2.45, 2.75) is 44.8 Å². The van der Waals surface area contributed by atoms with Crippen LogP contribution in [0.1, 0.15) is 26.7 Å². The van der Waals surface area contributed by atoms with Crippen LogP contribution in [0.15, 0.2) is 18.3 Å². The van der Waals surface area contributed by atoms with Crippen molar-refractivity contribution in [1.82, 2.24) is 9.88 Å². The Morgan fingerprint density at radius 2 is 2.21 bits per heavy atom.